The molecule has 3 aromatic carbocycles. The Balaban J connectivity index is 1.70. The highest BCUT2D eigenvalue weighted by atomic mass is 35.5. The average molecular weight is 651 g/mol. The lowest BCUT2D eigenvalue weighted by Crippen LogP contribution is -2.51. The number of carbonyl (C=O) groups is 2. The number of carboxylic acid groups (broad SMARTS) is 1. The third kappa shape index (κ3) is 5.32. The number of hydrogen-bond donors (Lipinski definition) is 2. The number of aliphatic carboxylic acids is 1. The lowest BCUT2D eigenvalue weighted by molar-refractivity contribution is -0.155. The van der Waals surface area contributed by atoms with Gasteiger partial charge in [0.25, 0.3) is 5.91 Å². The van der Waals surface area contributed by atoms with Gasteiger partial charge < -0.3 is 24.4 Å². The van der Waals surface area contributed by atoms with Crippen LogP contribution in [0.4, 0.5) is 8.78 Å². The highest BCUT2D eigenvalue weighted by Gasteiger charge is 2.57. The Morgan fingerprint density at radius 3 is 2.36 bits per heavy atom. The molecular weight excluding hydrogens is 619 g/mol. The van der Waals surface area contributed by atoms with Crippen LogP contribution in [0.5, 0.6) is 5.75 Å². The maximum atomic E-state index is 16.5. The van der Waals surface area contributed by atoms with E-state index >= 15 is 8.78 Å². The molecule has 2 aliphatic heterocycles. The predicted octanol–water partition coefficient (Wildman–Crippen LogP) is 6.22. The quantitative estimate of drug-likeness (QED) is 0.269. The second kappa shape index (κ2) is 12.3. The Bertz CT molecular complexity index is 1580. The third-order valence-corrected chi connectivity index (χ3v) is 9.03. The maximum absolute atomic E-state index is 16.5. The van der Waals surface area contributed by atoms with E-state index in [1.54, 1.807) is 43.3 Å². The van der Waals surface area contributed by atoms with Gasteiger partial charge in [-0.1, -0.05) is 48.3 Å². The minimum atomic E-state index is -2.11. The van der Waals surface area contributed by atoms with Crippen LogP contribution in [-0.2, 0) is 32.1 Å². The van der Waals surface area contributed by atoms with Crippen LogP contribution >= 0.6 is 23.2 Å². The Labute approximate surface area is 263 Å². The molecule has 3 aromatic rings. The normalized spacial score (nSPS) is 20.7. The second-order valence-electron chi connectivity index (χ2n) is 10.9. The molecule has 44 heavy (non-hydrogen) atoms. The molecule has 2 N–H and O–H groups in total. The van der Waals surface area contributed by atoms with Crippen molar-refractivity contribution in [2.75, 3.05) is 26.9 Å². The van der Waals surface area contributed by atoms with Crippen LogP contribution in [-0.4, -0.2) is 59.6 Å². The predicted molar refractivity (Wildman–Crippen MR) is 158 cm³/mol. The van der Waals surface area contributed by atoms with Crippen molar-refractivity contribution in [1.29, 1.82) is 0 Å². The number of benzene rings is 3. The summed E-state index contributed by atoms with van der Waals surface area (Å²) in [4.78, 5) is 26.8. The standard InChI is InChI=1S/C32H31Cl2F2NO7/c1-3-31(41,30(36)10-12-43-13-11-30)21-14-24-28(25(35)15-21)32(42-2,20-5-8-22(33)9-6-20)37(29(24)40)17-19-4-7-23(34)16-26(19)44-18-27(38)39/h4-9,14-16,41H,3,10-13,17-18H2,1-2H3,(H,38,39)/t31-,32-/m1/s1. The van der Waals surface area contributed by atoms with E-state index in [9.17, 15) is 19.8 Å². The Hall–Kier alpha value is -3.28. The van der Waals surface area contributed by atoms with Crippen LogP contribution in [0.15, 0.2) is 54.6 Å². The van der Waals surface area contributed by atoms with Crippen LogP contribution in [0.25, 0.3) is 0 Å². The van der Waals surface area contributed by atoms with Crippen molar-refractivity contribution in [3.05, 3.63) is 98.3 Å². The summed E-state index contributed by atoms with van der Waals surface area (Å²) in [6, 6.07) is 13.2. The molecule has 1 fully saturated rings. The second-order valence-corrected chi connectivity index (χ2v) is 11.7. The number of nitrogens with zero attached hydrogens (tertiary/aromatic N) is 1. The molecular formula is C32H31Cl2F2NO7. The number of carbonyl (C=O) groups excluding carboxylic acids is 1. The van der Waals surface area contributed by atoms with Crippen LogP contribution < -0.4 is 4.74 Å². The highest BCUT2D eigenvalue weighted by molar-refractivity contribution is 6.31. The maximum Gasteiger partial charge on any atom is 0.341 e. The number of amides is 1. The summed E-state index contributed by atoms with van der Waals surface area (Å²) in [6.07, 6.45) is -0.279. The summed E-state index contributed by atoms with van der Waals surface area (Å²) in [5.74, 6) is -2.67. The molecule has 2 heterocycles. The number of fused-ring (bicyclic) bond motifs is 1. The van der Waals surface area contributed by atoms with E-state index < -0.39 is 41.3 Å². The fourth-order valence-corrected chi connectivity index (χ4v) is 6.55. The summed E-state index contributed by atoms with van der Waals surface area (Å²) in [7, 11) is 1.32. The molecule has 0 aliphatic carbocycles. The fourth-order valence-electron chi connectivity index (χ4n) is 6.26. The van der Waals surface area contributed by atoms with Gasteiger partial charge in [-0.25, -0.2) is 13.6 Å². The molecule has 0 bridgehead atoms. The van der Waals surface area contributed by atoms with Crippen molar-refractivity contribution < 1.29 is 42.8 Å². The summed E-state index contributed by atoms with van der Waals surface area (Å²) >= 11 is 12.3. The number of rotatable bonds is 10. The van der Waals surface area contributed by atoms with Gasteiger partial charge in [0.15, 0.2) is 12.3 Å². The van der Waals surface area contributed by atoms with E-state index in [1.807, 2.05) is 0 Å². The van der Waals surface area contributed by atoms with Crippen molar-refractivity contribution >= 4 is 35.1 Å². The minimum absolute atomic E-state index is 0.0751. The monoisotopic (exact) mass is 649 g/mol. The van der Waals surface area contributed by atoms with Gasteiger partial charge in [-0.05, 0) is 48.4 Å². The molecule has 2 atom stereocenters. The van der Waals surface area contributed by atoms with Gasteiger partial charge in [0.2, 0.25) is 0 Å². The van der Waals surface area contributed by atoms with Crippen LogP contribution in [0, 0.1) is 5.82 Å². The van der Waals surface area contributed by atoms with Crippen LogP contribution in [0.1, 0.15) is 58.8 Å². The highest BCUT2D eigenvalue weighted by Crippen LogP contribution is 2.51. The zero-order valence-corrected chi connectivity index (χ0v) is 25.6. The van der Waals surface area contributed by atoms with E-state index in [1.165, 1.54) is 24.1 Å². The van der Waals surface area contributed by atoms with Gasteiger partial charge in [0.05, 0.1) is 17.7 Å². The van der Waals surface area contributed by atoms with Crippen molar-refractivity contribution in [3.8, 4) is 5.75 Å². The molecule has 0 unspecified atom stereocenters. The minimum Gasteiger partial charge on any atom is -0.482 e. The van der Waals surface area contributed by atoms with E-state index in [0.29, 0.717) is 16.1 Å². The summed E-state index contributed by atoms with van der Waals surface area (Å²) in [6.45, 7) is 0.888. The van der Waals surface area contributed by atoms with E-state index in [2.05, 4.69) is 0 Å². The largest absolute Gasteiger partial charge is 0.482 e. The molecule has 1 amide bonds. The molecule has 8 nitrogen and oxygen atoms in total. The first-order valence-electron chi connectivity index (χ1n) is 14.0. The zero-order chi connectivity index (χ0) is 31.9. The van der Waals surface area contributed by atoms with Crippen molar-refractivity contribution in [2.24, 2.45) is 0 Å². The molecule has 0 radical (unpaired) electrons. The first kappa shape index (κ1) is 32.1. The van der Waals surface area contributed by atoms with E-state index in [4.69, 9.17) is 37.4 Å². The number of halogens is 4. The topological polar surface area (TPSA) is 106 Å². The van der Waals surface area contributed by atoms with Gasteiger partial charge in [0, 0.05) is 54.3 Å². The Kier molecular flexibility index (Phi) is 8.94. The summed E-state index contributed by atoms with van der Waals surface area (Å²) in [5, 5.41) is 21.6. The molecule has 0 aromatic heterocycles. The number of alkyl halides is 1. The number of hydrogen-bond acceptors (Lipinski definition) is 6. The number of ether oxygens (including phenoxy) is 3. The zero-order valence-electron chi connectivity index (χ0n) is 24.0. The molecule has 1 saturated heterocycles. The molecule has 12 heteroatoms. The molecule has 0 spiro atoms. The van der Waals surface area contributed by atoms with Gasteiger partial charge in [-0.3, -0.25) is 9.69 Å². The third-order valence-electron chi connectivity index (χ3n) is 8.54. The smallest absolute Gasteiger partial charge is 0.341 e. The van der Waals surface area contributed by atoms with Gasteiger partial charge in [0.1, 0.15) is 22.8 Å². The number of aliphatic hydroxyl groups is 1. The fraction of sp³-hybridized carbons (Fsp3) is 0.375. The van der Waals surface area contributed by atoms with Crippen molar-refractivity contribution in [1.82, 2.24) is 4.90 Å². The van der Waals surface area contributed by atoms with Crippen molar-refractivity contribution in [2.45, 2.75) is 49.7 Å². The lowest BCUT2D eigenvalue weighted by Gasteiger charge is -2.44. The van der Waals surface area contributed by atoms with E-state index in [-0.39, 0.29) is 66.5 Å². The number of carboxylic acids is 1. The Morgan fingerprint density at radius 2 is 1.75 bits per heavy atom. The lowest BCUT2D eigenvalue weighted by atomic mass is 9.72. The molecule has 2 aliphatic rings. The SMILES string of the molecule is CC[C@@](O)(c1cc(F)c2c(c1)C(=O)N(Cc1ccc(Cl)cc1OCC(=O)O)[C@@]2(OC)c1ccc(Cl)cc1)C1(F)CCOCC1. The molecule has 0 saturated carbocycles. The first-order chi connectivity index (χ1) is 20.9. The summed E-state index contributed by atoms with van der Waals surface area (Å²) < 4.78 is 49.7. The Morgan fingerprint density at radius 1 is 1.09 bits per heavy atom. The number of methoxy groups -OCH3 is 1. The van der Waals surface area contributed by atoms with E-state index in [0.717, 1.165) is 6.07 Å². The van der Waals surface area contributed by atoms with Gasteiger partial charge in [-0.15, -0.1) is 0 Å². The van der Waals surface area contributed by atoms with Crippen LogP contribution in [0.3, 0.4) is 0 Å². The van der Waals surface area contributed by atoms with Crippen molar-refractivity contribution in [3.63, 3.8) is 0 Å². The average Bonchev–Trinajstić information content (AvgIpc) is 3.25. The molecule has 234 valence electrons. The van der Waals surface area contributed by atoms with Crippen LogP contribution in [0.2, 0.25) is 10.0 Å². The first-order valence-corrected chi connectivity index (χ1v) is 14.8. The van der Waals surface area contributed by atoms with Gasteiger partial charge >= 0.3 is 5.97 Å². The summed E-state index contributed by atoms with van der Waals surface area (Å²) in [5.41, 5.74) is -5.66. The molecule has 5 rings (SSSR count). The van der Waals surface area contributed by atoms with Gasteiger partial charge in [-0.2, -0.15) is 0 Å².